The van der Waals surface area contributed by atoms with Crippen LogP contribution in [-0.2, 0) is 17.8 Å². The zero-order chi connectivity index (χ0) is 17.6. The summed E-state index contributed by atoms with van der Waals surface area (Å²) in [6, 6.07) is 14.7. The van der Waals surface area contributed by atoms with E-state index in [-0.39, 0.29) is 5.91 Å². The third kappa shape index (κ3) is 4.10. The summed E-state index contributed by atoms with van der Waals surface area (Å²) in [5.74, 6) is 0.419. The van der Waals surface area contributed by atoms with Crippen LogP contribution >= 0.6 is 0 Å². The summed E-state index contributed by atoms with van der Waals surface area (Å²) in [7, 11) is 0. The van der Waals surface area contributed by atoms with Gasteiger partial charge in [-0.3, -0.25) is 9.78 Å². The van der Waals surface area contributed by atoms with Crippen LogP contribution in [0.3, 0.4) is 0 Å². The average molecular weight is 335 g/mol. The van der Waals surface area contributed by atoms with Crippen LogP contribution < -0.4 is 11.1 Å². The first-order valence-electron chi connectivity index (χ1n) is 8.26. The van der Waals surface area contributed by atoms with Gasteiger partial charge >= 0.3 is 0 Å². The minimum absolute atomic E-state index is 0.222. The minimum atomic E-state index is -0.619. The fourth-order valence-electron chi connectivity index (χ4n) is 2.60. The molecule has 6 nitrogen and oxygen atoms in total. The van der Waals surface area contributed by atoms with Crippen molar-refractivity contribution in [1.29, 1.82) is 0 Å². The second-order valence-electron chi connectivity index (χ2n) is 5.75. The molecule has 0 aliphatic carbocycles. The molecule has 0 saturated heterocycles. The van der Waals surface area contributed by atoms with Gasteiger partial charge in [0.25, 0.3) is 0 Å². The summed E-state index contributed by atoms with van der Waals surface area (Å²) >= 11 is 0. The number of nitrogens with two attached hydrogens (primary N) is 1. The van der Waals surface area contributed by atoms with E-state index in [0.717, 1.165) is 16.8 Å². The molecule has 3 rings (SSSR count). The maximum Gasteiger partial charge on any atom is 0.242 e. The van der Waals surface area contributed by atoms with Gasteiger partial charge in [0.15, 0.2) is 0 Å². The normalized spacial score (nSPS) is 11.9. The molecule has 2 aromatic heterocycles. The SMILES string of the molecule is CCn1nc(-c2ccncc2)cc1NC(=O)C(N)Cc1ccccc1. The Balaban J connectivity index is 1.73. The van der Waals surface area contributed by atoms with Crippen LogP contribution in [0.4, 0.5) is 5.82 Å². The molecule has 1 atom stereocenters. The van der Waals surface area contributed by atoms with Gasteiger partial charge in [-0.05, 0) is 31.0 Å². The van der Waals surface area contributed by atoms with Gasteiger partial charge in [-0.1, -0.05) is 30.3 Å². The van der Waals surface area contributed by atoms with Gasteiger partial charge in [0.2, 0.25) is 5.91 Å². The molecular formula is C19H21N5O. The van der Waals surface area contributed by atoms with Crippen LogP contribution in [0, 0.1) is 0 Å². The molecule has 2 heterocycles. The largest absolute Gasteiger partial charge is 0.320 e. The molecule has 6 heteroatoms. The summed E-state index contributed by atoms with van der Waals surface area (Å²) in [4.78, 5) is 16.5. The average Bonchev–Trinajstić information content (AvgIpc) is 3.06. The molecule has 128 valence electrons. The van der Waals surface area contributed by atoms with Crippen LogP contribution in [0.15, 0.2) is 60.9 Å². The lowest BCUT2D eigenvalue weighted by atomic mass is 10.1. The molecule has 3 N–H and O–H groups in total. The molecule has 0 aliphatic heterocycles. The smallest absolute Gasteiger partial charge is 0.242 e. The number of pyridine rings is 1. The topological polar surface area (TPSA) is 85.8 Å². The lowest BCUT2D eigenvalue weighted by Crippen LogP contribution is -2.37. The third-order valence-electron chi connectivity index (χ3n) is 3.94. The predicted molar refractivity (Wildman–Crippen MR) is 97.9 cm³/mol. The van der Waals surface area contributed by atoms with E-state index in [9.17, 15) is 4.79 Å². The first-order chi connectivity index (χ1) is 12.2. The van der Waals surface area contributed by atoms with Crippen molar-refractivity contribution in [3.8, 4) is 11.3 Å². The van der Waals surface area contributed by atoms with Gasteiger partial charge in [0.1, 0.15) is 5.82 Å². The number of nitrogens with one attached hydrogen (secondary N) is 1. The van der Waals surface area contributed by atoms with Gasteiger partial charge in [-0.2, -0.15) is 5.10 Å². The molecule has 0 aliphatic rings. The van der Waals surface area contributed by atoms with E-state index in [1.54, 1.807) is 17.1 Å². The quantitative estimate of drug-likeness (QED) is 0.724. The molecule has 25 heavy (non-hydrogen) atoms. The van der Waals surface area contributed by atoms with Crippen LogP contribution in [-0.4, -0.2) is 26.7 Å². The highest BCUT2D eigenvalue weighted by Crippen LogP contribution is 2.21. The van der Waals surface area contributed by atoms with Crippen molar-refractivity contribution in [3.63, 3.8) is 0 Å². The molecule has 0 spiro atoms. The number of benzene rings is 1. The molecule has 1 unspecified atom stereocenters. The Labute approximate surface area is 146 Å². The van der Waals surface area contributed by atoms with Crippen molar-refractivity contribution in [2.24, 2.45) is 5.73 Å². The molecule has 0 fully saturated rings. The maximum atomic E-state index is 12.4. The summed E-state index contributed by atoms with van der Waals surface area (Å²) in [5, 5.41) is 7.42. The Morgan fingerprint density at radius 2 is 1.92 bits per heavy atom. The summed E-state index contributed by atoms with van der Waals surface area (Å²) < 4.78 is 1.75. The Kier molecular flexibility index (Phi) is 5.20. The second-order valence-corrected chi connectivity index (χ2v) is 5.75. The number of nitrogens with zero attached hydrogens (tertiary/aromatic N) is 3. The van der Waals surface area contributed by atoms with E-state index in [1.165, 1.54) is 0 Å². The second kappa shape index (κ2) is 7.72. The highest BCUT2D eigenvalue weighted by atomic mass is 16.2. The van der Waals surface area contributed by atoms with E-state index in [4.69, 9.17) is 5.73 Å². The number of rotatable bonds is 6. The van der Waals surface area contributed by atoms with Crippen molar-refractivity contribution in [2.75, 3.05) is 5.32 Å². The Morgan fingerprint density at radius 3 is 2.60 bits per heavy atom. The predicted octanol–water partition coefficient (Wildman–Crippen LogP) is 2.47. The van der Waals surface area contributed by atoms with Crippen LogP contribution in [0.2, 0.25) is 0 Å². The van der Waals surface area contributed by atoms with Gasteiger partial charge in [0, 0.05) is 30.6 Å². The molecule has 0 radical (unpaired) electrons. The number of aromatic nitrogens is 3. The fourth-order valence-corrected chi connectivity index (χ4v) is 2.60. The van der Waals surface area contributed by atoms with E-state index in [0.29, 0.717) is 18.8 Å². The number of aryl methyl sites for hydroxylation is 1. The Morgan fingerprint density at radius 1 is 1.20 bits per heavy atom. The molecule has 0 saturated carbocycles. The lowest BCUT2D eigenvalue weighted by molar-refractivity contribution is -0.117. The van der Waals surface area contributed by atoms with Gasteiger partial charge in [0.05, 0.1) is 11.7 Å². The Bertz CT molecular complexity index is 830. The zero-order valence-corrected chi connectivity index (χ0v) is 14.1. The molecule has 0 bridgehead atoms. The van der Waals surface area contributed by atoms with Crippen molar-refractivity contribution < 1.29 is 4.79 Å². The summed E-state index contributed by atoms with van der Waals surface area (Å²) in [6.45, 7) is 2.62. The maximum absolute atomic E-state index is 12.4. The number of carbonyl (C=O) groups is 1. The van der Waals surface area contributed by atoms with E-state index in [1.807, 2.05) is 55.5 Å². The molecule has 3 aromatic rings. The van der Waals surface area contributed by atoms with Crippen molar-refractivity contribution in [3.05, 3.63) is 66.5 Å². The van der Waals surface area contributed by atoms with Crippen LogP contribution in [0.25, 0.3) is 11.3 Å². The van der Waals surface area contributed by atoms with Crippen molar-refractivity contribution >= 4 is 11.7 Å². The van der Waals surface area contributed by atoms with Crippen LogP contribution in [0.1, 0.15) is 12.5 Å². The van der Waals surface area contributed by atoms with Gasteiger partial charge in [-0.15, -0.1) is 0 Å². The van der Waals surface area contributed by atoms with E-state index in [2.05, 4.69) is 15.4 Å². The molecular weight excluding hydrogens is 314 g/mol. The molecule has 1 amide bonds. The Hall–Kier alpha value is -2.99. The number of amides is 1. The van der Waals surface area contributed by atoms with Gasteiger partial charge in [-0.25, -0.2) is 4.68 Å². The number of anilines is 1. The van der Waals surface area contributed by atoms with E-state index < -0.39 is 6.04 Å². The number of hydrogen-bond acceptors (Lipinski definition) is 4. The highest BCUT2D eigenvalue weighted by molar-refractivity contribution is 5.94. The first-order valence-corrected chi connectivity index (χ1v) is 8.26. The first kappa shape index (κ1) is 16.9. The van der Waals surface area contributed by atoms with Crippen molar-refractivity contribution in [1.82, 2.24) is 14.8 Å². The third-order valence-corrected chi connectivity index (χ3v) is 3.94. The number of carbonyl (C=O) groups excluding carboxylic acids is 1. The van der Waals surface area contributed by atoms with Gasteiger partial charge < -0.3 is 11.1 Å². The molecule has 1 aromatic carbocycles. The fraction of sp³-hybridized carbons (Fsp3) is 0.211. The summed E-state index contributed by atoms with van der Waals surface area (Å²) in [5.41, 5.74) is 8.83. The lowest BCUT2D eigenvalue weighted by Gasteiger charge is -2.12. The monoisotopic (exact) mass is 335 g/mol. The summed E-state index contributed by atoms with van der Waals surface area (Å²) in [6.07, 6.45) is 3.92. The van der Waals surface area contributed by atoms with E-state index >= 15 is 0 Å². The van der Waals surface area contributed by atoms with Crippen molar-refractivity contribution in [2.45, 2.75) is 25.9 Å². The minimum Gasteiger partial charge on any atom is -0.320 e. The van der Waals surface area contributed by atoms with Crippen LogP contribution in [0.5, 0.6) is 0 Å². The standard InChI is InChI=1S/C19H21N5O/c1-2-24-18(13-17(23-24)15-8-10-21-11-9-15)22-19(25)16(20)12-14-6-4-3-5-7-14/h3-11,13,16H,2,12,20H2,1H3,(H,22,25). The highest BCUT2D eigenvalue weighted by Gasteiger charge is 2.17. The number of hydrogen-bond donors (Lipinski definition) is 2. The zero-order valence-electron chi connectivity index (χ0n) is 14.1.